The molecule has 0 bridgehead atoms. The Hall–Kier alpha value is -0.571. The van der Waals surface area contributed by atoms with E-state index in [0.717, 1.165) is 0 Å². The van der Waals surface area contributed by atoms with Crippen LogP contribution < -0.4 is 9.84 Å². The van der Waals surface area contributed by atoms with Gasteiger partial charge in [0.2, 0.25) is 5.95 Å². The maximum atomic E-state index is 9.67. The molecule has 0 aliphatic heterocycles. The number of furan rings is 1. The Morgan fingerprint density at radius 2 is 1.80 bits per heavy atom. The Balaban J connectivity index is -0.0000000337. The third-order valence-electron chi connectivity index (χ3n) is 0.679. The first kappa shape index (κ1) is 36.6. The van der Waals surface area contributed by atoms with Crippen molar-refractivity contribution in [3.63, 3.8) is 0 Å². The second-order valence-electron chi connectivity index (χ2n) is 1.28. The van der Waals surface area contributed by atoms with Gasteiger partial charge < -0.3 is 41.0 Å². The predicted octanol–water partition coefficient (Wildman–Crippen LogP) is -1.95. The molecule has 0 fully saturated rings. The van der Waals surface area contributed by atoms with Gasteiger partial charge in [0.25, 0.3) is 6.16 Å². The van der Waals surface area contributed by atoms with Gasteiger partial charge >= 0.3 is 34.1 Å². The summed E-state index contributed by atoms with van der Waals surface area (Å²) in [6.07, 6.45) is -0.317. The summed E-state index contributed by atoms with van der Waals surface area (Å²) in [5, 5.41) is 9.67. The molecule has 0 atom stereocenters. The first-order valence-corrected chi connectivity index (χ1v) is 2.21. The number of hydrogen-bond acceptors (Lipinski definition) is 5. The summed E-state index contributed by atoms with van der Waals surface area (Å²) < 4.78 is 8.49. The van der Waals surface area contributed by atoms with Crippen molar-refractivity contribution in [2.24, 2.45) is 0 Å². The first-order valence-electron chi connectivity index (χ1n) is 2.21. The third kappa shape index (κ3) is 16.1. The fraction of sp³-hybridized carbons (Fsp3) is 0. The molecule has 0 amide bonds. The van der Waals surface area contributed by atoms with Gasteiger partial charge in [-0.3, -0.25) is 0 Å². The number of carboxylic acid groups (broad SMARTS) is 1. The van der Waals surface area contributed by atoms with Crippen molar-refractivity contribution in [1.29, 1.82) is 0 Å². The van der Waals surface area contributed by atoms with E-state index < -0.39 is 6.16 Å². The van der Waals surface area contributed by atoms with Gasteiger partial charge in [-0.2, -0.15) is 0 Å². The van der Waals surface area contributed by atoms with Crippen molar-refractivity contribution < 1.29 is 75.1 Å². The largest absolute Gasteiger partial charge is 2.00 e. The number of hydrogen-bond donors (Lipinski definition) is 0. The Kier molecular flexibility index (Phi) is 46.6. The van der Waals surface area contributed by atoms with Gasteiger partial charge in [-0.05, 0) is 6.07 Å². The topological polar surface area (TPSA) is 184 Å². The maximum absolute atomic E-state index is 9.67. The van der Waals surface area contributed by atoms with Gasteiger partial charge in [0.15, 0.2) is 0 Å². The molecule has 15 heavy (non-hydrogen) atoms. The van der Waals surface area contributed by atoms with Crippen LogP contribution in [0.3, 0.4) is 0 Å². The van der Waals surface area contributed by atoms with E-state index in [9.17, 15) is 9.90 Å². The second-order valence-corrected chi connectivity index (χ2v) is 1.28. The van der Waals surface area contributed by atoms with E-state index in [-0.39, 0.29) is 62.0 Å². The molecule has 0 aliphatic carbocycles. The second kappa shape index (κ2) is 19.1. The van der Waals surface area contributed by atoms with Gasteiger partial charge in [-0.25, -0.2) is 0 Å². The molecule has 8 nitrogen and oxygen atoms in total. The minimum Gasteiger partial charge on any atom is -2.00 e. The minimum absolute atomic E-state index is 0. The number of carbonyl (C=O) groups excluding carboxylic acids is 1. The van der Waals surface area contributed by atoms with Gasteiger partial charge in [-0.1, -0.05) is 0 Å². The van der Waals surface area contributed by atoms with Gasteiger partial charge in [0, 0.05) is 6.07 Å². The Bertz CT molecular complexity index is 201. The zero-order valence-electron chi connectivity index (χ0n) is 6.82. The van der Waals surface area contributed by atoms with Gasteiger partial charge in [0.05, 0.1) is 6.26 Å². The molecule has 1 heterocycles. The van der Waals surface area contributed by atoms with E-state index in [2.05, 4.69) is 9.15 Å². The minimum atomic E-state index is -1.62. The summed E-state index contributed by atoms with van der Waals surface area (Å²) in [5.74, 6) is -0.0741. The van der Waals surface area contributed by atoms with E-state index in [1.54, 1.807) is 0 Å². The fourth-order valence-electron chi connectivity index (χ4n) is 0.404. The standard InChI is InChI=1S/C5H4O4.2Cu.3H2O.O/c6-5(7)9-4-2-1-3-8-4;;;;;;/h1-3H,(H,6,7);;;3*1H2;/q;2*+2;;;;-2/p-2. The van der Waals surface area contributed by atoms with Crippen LogP contribution in [0.15, 0.2) is 22.8 Å². The van der Waals surface area contributed by atoms with Crippen molar-refractivity contribution in [2.45, 2.75) is 0 Å². The van der Waals surface area contributed by atoms with Crippen LogP contribution in [-0.4, -0.2) is 22.6 Å². The Morgan fingerprint density at radius 1 is 1.33 bits per heavy atom. The molecule has 5 N–H and O–H groups in total. The zero-order chi connectivity index (χ0) is 6.69. The van der Waals surface area contributed by atoms with Crippen LogP contribution in [0.25, 0.3) is 0 Å². The Labute approximate surface area is 106 Å². The SMILES string of the molecule is O.O.O=C([O-])Oc1ccco1.[Cu+2].[Cu+2].[O-2].[OH-]. The van der Waals surface area contributed by atoms with Crippen LogP contribution in [0, 0.1) is 0 Å². The summed E-state index contributed by atoms with van der Waals surface area (Å²) in [6.45, 7) is 0. The van der Waals surface area contributed by atoms with Crippen molar-refractivity contribution in [1.82, 2.24) is 0 Å². The monoisotopic (exact) mass is 322 g/mol. The number of ether oxygens (including phenoxy) is 1. The molecule has 0 aromatic carbocycles. The van der Waals surface area contributed by atoms with Crippen LogP contribution >= 0.6 is 0 Å². The van der Waals surface area contributed by atoms with Crippen LogP contribution in [0.5, 0.6) is 5.95 Å². The average molecular weight is 323 g/mol. The van der Waals surface area contributed by atoms with Gasteiger partial charge in [0.1, 0.15) is 0 Å². The van der Waals surface area contributed by atoms with Crippen LogP contribution in [-0.2, 0) is 39.6 Å². The van der Waals surface area contributed by atoms with Crippen LogP contribution in [0.1, 0.15) is 0 Å². The van der Waals surface area contributed by atoms with Crippen LogP contribution in [0.2, 0.25) is 0 Å². The zero-order valence-corrected chi connectivity index (χ0v) is 8.71. The number of rotatable bonds is 1. The molecule has 1 aromatic rings. The van der Waals surface area contributed by atoms with Crippen LogP contribution in [0.4, 0.5) is 4.79 Å². The maximum Gasteiger partial charge on any atom is 2.00 e. The Morgan fingerprint density at radius 3 is 2.07 bits per heavy atom. The predicted molar refractivity (Wildman–Crippen MR) is 34.6 cm³/mol. The summed E-state index contributed by atoms with van der Waals surface area (Å²) in [4.78, 5) is 9.67. The summed E-state index contributed by atoms with van der Waals surface area (Å²) in [5.41, 5.74) is 0. The van der Waals surface area contributed by atoms with Crippen molar-refractivity contribution in [3.05, 3.63) is 18.4 Å². The molecule has 1 aromatic heterocycles. The fourth-order valence-corrected chi connectivity index (χ4v) is 0.404. The van der Waals surface area contributed by atoms with E-state index >= 15 is 0 Å². The first-order chi connectivity index (χ1) is 4.29. The molecule has 1 rings (SSSR count). The van der Waals surface area contributed by atoms with E-state index in [0.29, 0.717) is 0 Å². The molecule has 0 saturated heterocycles. The molecular formula is C5H8Cu2O8. The molecule has 98 valence electrons. The summed E-state index contributed by atoms with van der Waals surface area (Å²) >= 11 is 0. The summed E-state index contributed by atoms with van der Waals surface area (Å²) in [7, 11) is 0. The molecule has 0 aliphatic rings. The average Bonchev–Trinajstić information content (AvgIpc) is 2.15. The third-order valence-corrected chi connectivity index (χ3v) is 0.679. The van der Waals surface area contributed by atoms with Gasteiger partial charge in [-0.15, -0.1) is 0 Å². The molecule has 0 saturated carbocycles. The van der Waals surface area contributed by atoms with Crippen molar-refractivity contribution in [2.75, 3.05) is 0 Å². The molecule has 0 unspecified atom stereocenters. The van der Waals surface area contributed by atoms with E-state index in [4.69, 9.17) is 0 Å². The molecule has 2 radical (unpaired) electrons. The number of carbonyl (C=O) groups is 1. The molecule has 0 spiro atoms. The molecular weight excluding hydrogens is 315 g/mol. The van der Waals surface area contributed by atoms with E-state index in [1.807, 2.05) is 0 Å². The van der Waals surface area contributed by atoms with Crippen molar-refractivity contribution >= 4 is 6.16 Å². The quantitative estimate of drug-likeness (QED) is 0.428. The molecule has 10 heteroatoms. The smallest absolute Gasteiger partial charge is 2.00 e. The summed E-state index contributed by atoms with van der Waals surface area (Å²) in [6, 6.07) is 2.88. The normalized spacial score (nSPS) is 5.33. The van der Waals surface area contributed by atoms with E-state index in [1.165, 1.54) is 18.4 Å². The van der Waals surface area contributed by atoms with Crippen molar-refractivity contribution in [3.8, 4) is 5.95 Å².